The Morgan fingerprint density at radius 2 is 2.06 bits per heavy atom. The Kier molecular flexibility index (Phi) is 4.13. The molecule has 90 valence electrons. The van der Waals surface area contributed by atoms with Crippen molar-refractivity contribution in [2.24, 2.45) is 0 Å². The van der Waals surface area contributed by atoms with Crippen molar-refractivity contribution >= 4 is 0 Å². The molecule has 2 N–H and O–H groups in total. The van der Waals surface area contributed by atoms with Gasteiger partial charge in [-0.15, -0.1) is 0 Å². The van der Waals surface area contributed by atoms with Gasteiger partial charge in [-0.05, 0) is 42.9 Å². The topological polar surface area (TPSA) is 56.0 Å². The van der Waals surface area contributed by atoms with Crippen LogP contribution in [0, 0.1) is 11.3 Å². The summed E-state index contributed by atoms with van der Waals surface area (Å²) in [7, 11) is 0. The molecule has 1 fully saturated rings. The summed E-state index contributed by atoms with van der Waals surface area (Å²) in [6.07, 6.45) is 3.28. The summed E-state index contributed by atoms with van der Waals surface area (Å²) in [5.74, 6) is 0.756. The molecule has 17 heavy (non-hydrogen) atoms. The molecule has 3 nitrogen and oxygen atoms in total. The van der Waals surface area contributed by atoms with Crippen LogP contribution in [0.1, 0.15) is 42.3 Å². The van der Waals surface area contributed by atoms with E-state index in [0.717, 1.165) is 11.5 Å². The maximum Gasteiger partial charge on any atom is 0.121 e. The summed E-state index contributed by atoms with van der Waals surface area (Å²) in [6.45, 7) is 0.824. The molecule has 0 bridgehead atoms. The Hall–Kier alpha value is -1.37. The van der Waals surface area contributed by atoms with E-state index in [0.29, 0.717) is 13.0 Å². The van der Waals surface area contributed by atoms with E-state index in [1.165, 1.54) is 18.4 Å². The quantitative estimate of drug-likeness (QED) is 0.736. The van der Waals surface area contributed by atoms with E-state index in [4.69, 9.17) is 10.4 Å². The van der Waals surface area contributed by atoms with Crippen LogP contribution in [-0.4, -0.2) is 18.3 Å². The molecule has 1 aromatic rings. The van der Waals surface area contributed by atoms with Gasteiger partial charge < -0.3 is 5.11 Å². The molecule has 1 unspecified atom stereocenters. The SMILES string of the molecule is N#CC(NCCCO)c1ccc(C2CC2)cc1. The van der Waals surface area contributed by atoms with Crippen molar-refractivity contribution in [3.63, 3.8) is 0 Å². The Balaban J connectivity index is 1.96. The van der Waals surface area contributed by atoms with Crippen LogP contribution in [0.25, 0.3) is 0 Å². The zero-order valence-corrected chi connectivity index (χ0v) is 9.89. The molecule has 1 aliphatic rings. The lowest BCUT2D eigenvalue weighted by Gasteiger charge is -2.11. The lowest BCUT2D eigenvalue weighted by atomic mass is 10.0. The van der Waals surface area contributed by atoms with Crippen molar-refractivity contribution in [3.05, 3.63) is 35.4 Å². The molecule has 0 aliphatic heterocycles. The van der Waals surface area contributed by atoms with E-state index in [1.807, 2.05) is 12.1 Å². The number of nitrogens with one attached hydrogen (secondary N) is 1. The van der Waals surface area contributed by atoms with Gasteiger partial charge in [0, 0.05) is 6.61 Å². The van der Waals surface area contributed by atoms with Gasteiger partial charge in [0.05, 0.1) is 6.07 Å². The summed E-state index contributed by atoms with van der Waals surface area (Å²) in [5.41, 5.74) is 2.40. The third kappa shape index (κ3) is 3.29. The number of hydrogen-bond acceptors (Lipinski definition) is 3. The zero-order valence-electron chi connectivity index (χ0n) is 9.89. The highest BCUT2D eigenvalue weighted by Crippen LogP contribution is 2.40. The highest BCUT2D eigenvalue weighted by Gasteiger charge is 2.23. The van der Waals surface area contributed by atoms with Gasteiger partial charge in [0.1, 0.15) is 6.04 Å². The molecule has 0 aromatic heterocycles. The molecule has 0 heterocycles. The monoisotopic (exact) mass is 230 g/mol. The van der Waals surface area contributed by atoms with Crippen molar-refractivity contribution < 1.29 is 5.11 Å². The predicted octanol–water partition coefficient (Wildman–Crippen LogP) is 2.10. The molecule has 0 spiro atoms. The van der Waals surface area contributed by atoms with Crippen LogP contribution < -0.4 is 5.32 Å². The first-order valence-corrected chi connectivity index (χ1v) is 6.19. The molecule has 1 aromatic carbocycles. The van der Waals surface area contributed by atoms with Crippen LogP contribution in [0.3, 0.4) is 0 Å². The second-order valence-corrected chi connectivity index (χ2v) is 4.53. The normalized spacial score (nSPS) is 16.5. The summed E-state index contributed by atoms with van der Waals surface area (Å²) in [5, 5.41) is 20.9. The fourth-order valence-electron chi connectivity index (χ4n) is 1.94. The molecule has 0 saturated heterocycles. The third-order valence-electron chi connectivity index (χ3n) is 3.13. The number of benzene rings is 1. The van der Waals surface area contributed by atoms with E-state index >= 15 is 0 Å². The number of nitriles is 1. The first-order chi connectivity index (χ1) is 8.35. The van der Waals surface area contributed by atoms with Gasteiger partial charge in [0.15, 0.2) is 0 Å². The van der Waals surface area contributed by atoms with Crippen LogP contribution >= 0.6 is 0 Å². The van der Waals surface area contributed by atoms with E-state index in [9.17, 15) is 0 Å². The number of hydrogen-bond donors (Lipinski definition) is 2. The molecule has 0 radical (unpaired) electrons. The molecular weight excluding hydrogens is 212 g/mol. The van der Waals surface area contributed by atoms with E-state index in [2.05, 4.69) is 23.5 Å². The van der Waals surface area contributed by atoms with Crippen LogP contribution in [-0.2, 0) is 0 Å². The molecule has 1 aliphatic carbocycles. The summed E-state index contributed by atoms with van der Waals surface area (Å²) >= 11 is 0. The molecule has 0 amide bonds. The summed E-state index contributed by atoms with van der Waals surface area (Å²) in [4.78, 5) is 0. The summed E-state index contributed by atoms with van der Waals surface area (Å²) in [6, 6.07) is 10.3. The maximum atomic E-state index is 9.09. The number of nitrogens with zero attached hydrogens (tertiary/aromatic N) is 1. The first-order valence-electron chi connectivity index (χ1n) is 6.19. The molecule has 3 heteroatoms. The molecule has 2 rings (SSSR count). The molecular formula is C14H18N2O. The minimum absolute atomic E-state index is 0.158. The third-order valence-corrected chi connectivity index (χ3v) is 3.13. The standard InChI is InChI=1S/C14H18N2O/c15-10-14(16-8-1-9-17)13-6-4-12(5-7-13)11-2-3-11/h4-7,11,14,16-17H,1-3,8-9H2. The Bertz CT molecular complexity index is 390. The summed E-state index contributed by atoms with van der Waals surface area (Å²) < 4.78 is 0. The lowest BCUT2D eigenvalue weighted by Crippen LogP contribution is -2.21. The van der Waals surface area contributed by atoms with Gasteiger partial charge in [-0.3, -0.25) is 5.32 Å². The van der Waals surface area contributed by atoms with Gasteiger partial charge >= 0.3 is 0 Å². The fourth-order valence-corrected chi connectivity index (χ4v) is 1.94. The van der Waals surface area contributed by atoms with Crippen molar-refractivity contribution in [2.45, 2.75) is 31.2 Å². The second-order valence-electron chi connectivity index (χ2n) is 4.53. The zero-order chi connectivity index (χ0) is 12.1. The van der Waals surface area contributed by atoms with Crippen molar-refractivity contribution in [3.8, 4) is 6.07 Å². The highest BCUT2D eigenvalue weighted by atomic mass is 16.3. The fraction of sp³-hybridized carbons (Fsp3) is 0.500. The average Bonchev–Trinajstić information content (AvgIpc) is 3.19. The van der Waals surface area contributed by atoms with Crippen LogP contribution in [0.4, 0.5) is 0 Å². The lowest BCUT2D eigenvalue weighted by molar-refractivity contribution is 0.285. The van der Waals surface area contributed by atoms with E-state index in [1.54, 1.807) is 0 Å². The largest absolute Gasteiger partial charge is 0.396 e. The Labute approximate surface area is 102 Å². The number of aliphatic hydroxyl groups excluding tert-OH is 1. The van der Waals surface area contributed by atoms with Crippen LogP contribution in [0.15, 0.2) is 24.3 Å². The minimum Gasteiger partial charge on any atom is -0.396 e. The maximum absolute atomic E-state index is 9.09. The van der Waals surface area contributed by atoms with E-state index in [-0.39, 0.29) is 12.6 Å². The van der Waals surface area contributed by atoms with Crippen LogP contribution in [0.2, 0.25) is 0 Å². The van der Waals surface area contributed by atoms with Crippen LogP contribution in [0.5, 0.6) is 0 Å². The highest BCUT2D eigenvalue weighted by molar-refractivity contribution is 5.31. The van der Waals surface area contributed by atoms with Gasteiger partial charge in [0.25, 0.3) is 0 Å². The van der Waals surface area contributed by atoms with Gasteiger partial charge in [-0.25, -0.2) is 0 Å². The minimum atomic E-state index is -0.269. The van der Waals surface area contributed by atoms with Crippen molar-refractivity contribution in [2.75, 3.05) is 13.2 Å². The first kappa shape index (κ1) is 12.1. The van der Waals surface area contributed by atoms with Gasteiger partial charge in [-0.2, -0.15) is 5.26 Å². The smallest absolute Gasteiger partial charge is 0.121 e. The number of rotatable bonds is 6. The van der Waals surface area contributed by atoms with E-state index < -0.39 is 0 Å². The average molecular weight is 230 g/mol. The number of aliphatic hydroxyl groups is 1. The Morgan fingerprint density at radius 1 is 1.35 bits per heavy atom. The molecule has 1 atom stereocenters. The van der Waals surface area contributed by atoms with Gasteiger partial charge in [0.2, 0.25) is 0 Å². The predicted molar refractivity (Wildman–Crippen MR) is 66.5 cm³/mol. The second kappa shape index (κ2) is 5.81. The molecule has 1 saturated carbocycles. The van der Waals surface area contributed by atoms with Gasteiger partial charge in [-0.1, -0.05) is 24.3 Å². The van der Waals surface area contributed by atoms with Crippen molar-refractivity contribution in [1.29, 1.82) is 5.26 Å². The van der Waals surface area contributed by atoms with Crippen molar-refractivity contribution in [1.82, 2.24) is 5.32 Å². The Morgan fingerprint density at radius 3 is 2.59 bits per heavy atom.